The number of aromatic nitrogens is 2. The van der Waals surface area contributed by atoms with Crippen LogP contribution in [0.1, 0.15) is 46.7 Å². The number of hydrogen-bond donors (Lipinski definition) is 1. The molecule has 0 fully saturated rings. The Hall–Kier alpha value is -1.20. The Morgan fingerprint density at radius 3 is 2.48 bits per heavy atom. The van der Waals surface area contributed by atoms with Gasteiger partial charge in [0.15, 0.2) is 0 Å². The normalized spacial score (nSPS) is 13.2. The summed E-state index contributed by atoms with van der Waals surface area (Å²) in [4.78, 5) is 11.3. The smallest absolute Gasteiger partial charge is 0.147 e. The number of methoxy groups -OCH3 is 1. The van der Waals surface area contributed by atoms with Crippen LogP contribution in [0.3, 0.4) is 0 Å². The minimum atomic E-state index is 0.0849. The van der Waals surface area contributed by atoms with Gasteiger partial charge in [-0.1, -0.05) is 6.92 Å². The first-order valence-corrected chi connectivity index (χ1v) is 7.69. The highest BCUT2D eigenvalue weighted by molar-refractivity contribution is 5.37. The zero-order valence-electron chi connectivity index (χ0n) is 14.3. The van der Waals surface area contributed by atoms with Gasteiger partial charge in [-0.05, 0) is 34.1 Å². The lowest BCUT2D eigenvalue weighted by Gasteiger charge is -2.29. The van der Waals surface area contributed by atoms with E-state index in [1.165, 1.54) is 0 Å². The SMILES string of the molecule is CCC(C)N(CCOC)c1cnc(CNC(C)(C)C)cn1. The van der Waals surface area contributed by atoms with Crippen LogP contribution in [-0.4, -0.2) is 41.8 Å². The van der Waals surface area contributed by atoms with Gasteiger partial charge in [-0.3, -0.25) is 4.98 Å². The third-order valence-electron chi connectivity index (χ3n) is 3.44. The highest BCUT2D eigenvalue weighted by atomic mass is 16.5. The highest BCUT2D eigenvalue weighted by Crippen LogP contribution is 2.15. The Morgan fingerprint density at radius 1 is 1.29 bits per heavy atom. The maximum Gasteiger partial charge on any atom is 0.147 e. The molecule has 1 atom stereocenters. The van der Waals surface area contributed by atoms with Gasteiger partial charge < -0.3 is 15.0 Å². The average Bonchev–Trinajstić information content (AvgIpc) is 2.45. The van der Waals surface area contributed by atoms with Crippen molar-refractivity contribution in [3.8, 4) is 0 Å². The Kier molecular flexibility index (Phi) is 7.05. The molecule has 0 bridgehead atoms. The third kappa shape index (κ3) is 6.40. The molecule has 0 radical (unpaired) electrons. The second kappa shape index (κ2) is 8.29. The van der Waals surface area contributed by atoms with E-state index in [2.05, 4.69) is 54.8 Å². The molecule has 0 aliphatic carbocycles. The summed E-state index contributed by atoms with van der Waals surface area (Å²) in [5, 5.41) is 3.42. The zero-order chi connectivity index (χ0) is 15.9. The molecule has 0 aliphatic rings. The third-order valence-corrected chi connectivity index (χ3v) is 3.44. The number of hydrogen-bond acceptors (Lipinski definition) is 5. The fourth-order valence-corrected chi connectivity index (χ4v) is 1.91. The van der Waals surface area contributed by atoms with Gasteiger partial charge in [-0.2, -0.15) is 0 Å². The zero-order valence-corrected chi connectivity index (χ0v) is 14.3. The molecule has 5 nitrogen and oxygen atoms in total. The van der Waals surface area contributed by atoms with E-state index in [4.69, 9.17) is 4.74 Å². The van der Waals surface area contributed by atoms with Crippen LogP contribution in [0.25, 0.3) is 0 Å². The summed E-state index contributed by atoms with van der Waals surface area (Å²) in [6, 6.07) is 0.424. The number of anilines is 1. The van der Waals surface area contributed by atoms with E-state index in [1.807, 2.05) is 12.4 Å². The van der Waals surface area contributed by atoms with Crippen molar-refractivity contribution in [1.29, 1.82) is 0 Å². The van der Waals surface area contributed by atoms with Crippen LogP contribution in [-0.2, 0) is 11.3 Å². The van der Waals surface area contributed by atoms with Crippen LogP contribution in [0.15, 0.2) is 12.4 Å². The molecular formula is C16H30N4O. The van der Waals surface area contributed by atoms with Gasteiger partial charge in [-0.25, -0.2) is 4.98 Å². The van der Waals surface area contributed by atoms with Crippen molar-refractivity contribution in [2.45, 2.75) is 59.2 Å². The van der Waals surface area contributed by atoms with Crippen LogP contribution < -0.4 is 10.2 Å². The van der Waals surface area contributed by atoms with Gasteiger partial charge in [-0.15, -0.1) is 0 Å². The molecule has 120 valence electrons. The molecule has 0 saturated heterocycles. The van der Waals surface area contributed by atoms with E-state index in [0.29, 0.717) is 12.6 Å². The topological polar surface area (TPSA) is 50.3 Å². The van der Waals surface area contributed by atoms with Crippen molar-refractivity contribution in [3.05, 3.63) is 18.1 Å². The van der Waals surface area contributed by atoms with Gasteiger partial charge in [0.2, 0.25) is 0 Å². The molecule has 21 heavy (non-hydrogen) atoms. The van der Waals surface area contributed by atoms with Crippen LogP contribution in [0.4, 0.5) is 5.82 Å². The lowest BCUT2D eigenvalue weighted by Crippen LogP contribution is -2.37. The van der Waals surface area contributed by atoms with Crippen LogP contribution >= 0.6 is 0 Å². The molecule has 1 unspecified atom stereocenters. The molecule has 1 rings (SSSR count). The predicted molar refractivity (Wildman–Crippen MR) is 87.6 cm³/mol. The number of nitrogens with zero attached hydrogens (tertiary/aromatic N) is 3. The first-order valence-electron chi connectivity index (χ1n) is 7.69. The van der Waals surface area contributed by atoms with E-state index in [0.717, 1.165) is 31.0 Å². The van der Waals surface area contributed by atoms with Crippen LogP contribution in [0.2, 0.25) is 0 Å². The summed E-state index contributed by atoms with van der Waals surface area (Å²) in [5.74, 6) is 0.918. The lowest BCUT2D eigenvalue weighted by molar-refractivity contribution is 0.203. The Labute approximate surface area is 129 Å². The first kappa shape index (κ1) is 17.9. The molecule has 0 aromatic carbocycles. The average molecular weight is 294 g/mol. The van der Waals surface area contributed by atoms with Crippen molar-refractivity contribution in [1.82, 2.24) is 15.3 Å². The summed E-state index contributed by atoms with van der Waals surface area (Å²) >= 11 is 0. The van der Waals surface area contributed by atoms with Crippen LogP contribution in [0.5, 0.6) is 0 Å². The largest absolute Gasteiger partial charge is 0.383 e. The molecular weight excluding hydrogens is 264 g/mol. The number of rotatable bonds is 8. The molecule has 0 aliphatic heterocycles. The fourth-order valence-electron chi connectivity index (χ4n) is 1.91. The van der Waals surface area contributed by atoms with E-state index < -0.39 is 0 Å². The fraction of sp³-hybridized carbons (Fsp3) is 0.750. The summed E-state index contributed by atoms with van der Waals surface area (Å²) in [6.07, 6.45) is 4.79. The minimum Gasteiger partial charge on any atom is -0.383 e. The predicted octanol–water partition coefficient (Wildman–Crippen LogP) is 2.62. The molecule has 0 spiro atoms. The maximum absolute atomic E-state index is 5.19. The van der Waals surface area contributed by atoms with E-state index in [-0.39, 0.29) is 5.54 Å². The molecule has 1 N–H and O–H groups in total. The van der Waals surface area contributed by atoms with Gasteiger partial charge in [0.25, 0.3) is 0 Å². The van der Waals surface area contributed by atoms with Crippen molar-refractivity contribution in [2.24, 2.45) is 0 Å². The number of ether oxygens (including phenoxy) is 1. The summed E-state index contributed by atoms with van der Waals surface area (Å²) in [6.45, 7) is 13.1. The second-order valence-electron chi connectivity index (χ2n) is 6.41. The Balaban J connectivity index is 2.72. The molecule has 1 heterocycles. The number of nitrogens with one attached hydrogen (secondary N) is 1. The Bertz CT molecular complexity index is 400. The summed E-state index contributed by atoms with van der Waals surface area (Å²) < 4.78 is 5.19. The monoisotopic (exact) mass is 294 g/mol. The highest BCUT2D eigenvalue weighted by Gasteiger charge is 2.15. The van der Waals surface area contributed by atoms with E-state index in [9.17, 15) is 0 Å². The molecule has 5 heteroatoms. The molecule has 1 aromatic rings. The standard InChI is InChI=1S/C16H30N4O/c1-7-13(2)20(8-9-21-6)15-12-17-14(10-18-15)11-19-16(3,4)5/h10,12-13,19H,7-9,11H2,1-6H3. The molecule has 1 aromatic heterocycles. The van der Waals surface area contributed by atoms with Crippen molar-refractivity contribution < 1.29 is 4.74 Å². The quantitative estimate of drug-likeness (QED) is 0.798. The summed E-state index contributed by atoms with van der Waals surface area (Å²) in [5.41, 5.74) is 1.05. The maximum atomic E-state index is 5.19. The molecule has 0 saturated carbocycles. The van der Waals surface area contributed by atoms with E-state index in [1.54, 1.807) is 7.11 Å². The lowest BCUT2D eigenvalue weighted by atomic mass is 10.1. The van der Waals surface area contributed by atoms with Gasteiger partial charge in [0.05, 0.1) is 24.7 Å². The second-order valence-corrected chi connectivity index (χ2v) is 6.41. The first-order chi connectivity index (χ1) is 9.87. The van der Waals surface area contributed by atoms with E-state index >= 15 is 0 Å². The molecule has 0 amide bonds. The summed E-state index contributed by atoms with van der Waals surface area (Å²) in [7, 11) is 1.72. The van der Waals surface area contributed by atoms with Gasteiger partial charge in [0.1, 0.15) is 5.82 Å². The minimum absolute atomic E-state index is 0.0849. The Morgan fingerprint density at radius 2 is 2.00 bits per heavy atom. The van der Waals surface area contributed by atoms with Gasteiger partial charge in [0, 0.05) is 31.8 Å². The van der Waals surface area contributed by atoms with Crippen molar-refractivity contribution >= 4 is 5.82 Å². The van der Waals surface area contributed by atoms with Crippen molar-refractivity contribution in [2.75, 3.05) is 25.2 Å². The van der Waals surface area contributed by atoms with Crippen molar-refractivity contribution in [3.63, 3.8) is 0 Å². The van der Waals surface area contributed by atoms with Gasteiger partial charge >= 0.3 is 0 Å². The van der Waals surface area contributed by atoms with Crippen LogP contribution in [0, 0.1) is 0 Å².